The van der Waals surface area contributed by atoms with Crippen molar-refractivity contribution >= 4 is 12.1 Å². The fourth-order valence-electron chi connectivity index (χ4n) is 2.00. The predicted molar refractivity (Wildman–Crippen MR) is 64.6 cm³/mol. The Morgan fingerprint density at radius 3 is 2.28 bits per heavy atom. The lowest BCUT2D eigenvalue weighted by Gasteiger charge is -2.47. The number of carbonyl (C=O) groups is 2. The molecule has 1 rings (SSSR count). The van der Waals surface area contributed by atoms with Crippen LogP contribution in [0.25, 0.3) is 0 Å². The zero-order valence-electron chi connectivity index (χ0n) is 11.3. The molecule has 0 aromatic rings. The van der Waals surface area contributed by atoms with E-state index in [0.717, 1.165) is 5.06 Å². The number of hydrogen-bond donors (Lipinski definition) is 0. The van der Waals surface area contributed by atoms with Crippen LogP contribution in [0.15, 0.2) is 11.6 Å². The molecule has 0 radical (unpaired) electrons. The maximum atomic E-state index is 12.0. The third-order valence-electron chi connectivity index (χ3n) is 2.85. The highest BCUT2D eigenvalue weighted by molar-refractivity contribution is 5.97. The molecule has 1 heterocycles. The van der Waals surface area contributed by atoms with Crippen molar-refractivity contribution in [2.75, 3.05) is 6.61 Å². The molecule has 102 valence electrons. The van der Waals surface area contributed by atoms with Crippen molar-refractivity contribution in [2.45, 2.75) is 45.7 Å². The van der Waals surface area contributed by atoms with Crippen LogP contribution in [-0.4, -0.2) is 34.9 Å². The molecule has 0 N–H and O–H groups in total. The zero-order valence-corrected chi connectivity index (χ0v) is 11.3. The quantitative estimate of drug-likeness (QED) is 0.555. The second kappa shape index (κ2) is 4.70. The van der Waals surface area contributed by atoms with E-state index in [1.807, 2.05) is 0 Å². The molecule has 0 fully saturated rings. The van der Waals surface area contributed by atoms with Crippen LogP contribution in [0.3, 0.4) is 0 Å². The van der Waals surface area contributed by atoms with E-state index < -0.39 is 23.2 Å². The first-order chi connectivity index (χ1) is 8.13. The number of rotatable bonds is 2. The first-order valence-corrected chi connectivity index (χ1v) is 5.72. The van der Waals surface area contributed by atoms with Gasteiger partial charge in [0.2, 0.25) is 0 Å². The Kier molecular flexibility index (Phi) is 3.83. The summed E-state index contributed by atoms with van der Waals surface area (Å²) in [6.45, 7) is 8.31. The summed E-state index contributed by atoms with van der Waals surface area (Å²) in [5.74, 6) is -0.843. The van der Waals surface area contributed by atoms with E-state index in [0.29, 0.717) is 0 Å². The molecule has 1 aliphatic rings. The molecule has 0 bridgehead atoms. The first kappa shape index (κ1) is 14.7. The van der Waals surface area contributed by atoms with Gasteiger partial charge in [-0.2, -0.15) is 0 Å². The number of esters is 1. The second-order valence-corrected chi connectivity index (χ2v) is 5.14. The third kappa shape index (κ3) is 2.54. The van der Waals surface area contributed by atoms with Crippen molar-refractivity contribution in [3.8, 4) is 0 Å². The maximum Gasteiger partial charge on any atom is 0.516 e. The largest absolute Gasteiger partial charge is 0.784 e. The molecule has 0 aromatic carbocycles. The summed E-state index contributed by atoms with van der Waals surface area (Å²) in [7, 11) is 0. The summed E-state index contributed by atoms with van der Waals surface area (Å²) in [6, 6.07) is 0. The summed E-state index contributed by atoms with van der Waals surface area (Å²) >= 11 is 0. The molecule has 0 saturated heterocycles. The Hall–Kier alpha value is -1.40. The lowest BCUT2D eigenvalue weighted by Crippen LogP contribution is -2.47. The Morgan fingerprint density at radius 2 is 1.89 bits per heavy atom. The molecule has 6 nitrogen and oxygen atoms in total. The highest BCUT2D eigenvalue weighted by Crippen LogP contribution is 2.39. The normalized spacial score (nSPS) is 21.3. The van der Waals surface area contributed by atoms with Crippen LogP contribution in [0.4, 0.5) is 4.79 Å². The van der Waals surface area contributed by atoms with Gasteiger partial charge in [-0.25, -0.2) is 9.59 Å². The van der Waals surface area contributed by atoms with Crippen molar-refractivity contribution < 1.29 is 19.1 Å². The molecule has 0 saturated carbocycles. The van der Waals surface area contributed by atoms with Crippen LogP contribution >= 0.6 is 0 Å². The third-order valence-corrected chi connectivity index (χ3v) is 2.85. The van der Waals surface area contributed by atoms with Gasteiger partial charge in [-0.05, 0) is 34.6 Å². The van der Waals surface area contributed by atoms with Gasteiger partial charge in [0.1, 0.15) is 0 Å². The van der Waals surface area contributed by atoms with Crippen LogP contribution in [-0.2, 0) is 14.3 Å². The van der Waals surface area contributed by atoms with Crippen LogP contribution in [0, 0.1) is 5.21 Å². The van der Waals surface area contributed by atoms with Crippen molar-refractivity contribution in [3.63, 3.8) is 0 Å². The fraction of sp³-hybridized carbons (Fsp3) is 0.667. The summed E-state index contributed by atoms with van der Waals surface area (Å²) in [5, 5.41) is 12.8. The van der Waals surface area contributed by atoms with E-state index in [-0.39, 0.29) is 12.2 Å². The average Bonchev–Trinajstić information content (AvgIpc) is 2.39. The summed E-state index contributed by atoms with van der Waals surface area (Å²) < 4.78 is 9.04. The topological polar surface area (TPSA) is 78.9 Å². The van der Waals surface area contributed by atoms with Gasteiger partial charge in [0.15, 0.2) is 0 Å². The van der Waals surface area contributed by atoms with Gasteiger partial charge < -0.3 is 19.7 Å². The average molecular weight is 256 g/mol. The number of nitrogens with zero attached hydrogens (tertiary/aromatic N) is 1. The van der Waals surface area contributed by atoms with Gasteiger partial charge in [-0.15, -0.1) is 0 Å². The predicted octanol–water partition coefficient (Wildman–Crippen LogP) is 1.98. The molecule has 0 aliphatic carbocycles. The van der Waals surface area contributed by atoms with Gasteiger partial charge in [0.25, 0.3) is 0 Å². The smallest absolute Gasteiger partial charge is 0.516 e. The Morgan fingerprint density at radius 1 is 1.33 bits per heavy atom. The summed E-state index contributed by atoms with van der Waals surface area (Å²) in [5.41, 5.74) is -1.69. The van der Waals surface area contributed by atoms with Gasteiger partial charge in [0, 0.05) is 11.1 Å². The van der Waals surface area contributed by atoms with Gasteiger partial charge in [-0.1, -0.05) is 6.08 Å². The number of ether oxygens (including phenoxy) is 2. The highest BCUT2D eigenvalue weighted by atomic mass is 16.7. The lowest BCUT2D eigenvalue weighted by molar-refractivity contribution is -0.136. The minimum absolute atomic E-state index is 0.119. The Labute approximate surface area is 106 Å². The molecule has 1 aliphatic heterocycles. The van der Waals surface area contributed by atoms with E-state index in [1.54, 1.807) is 34.6 Å². The van der Waals surface area contributed by atoms with Crippen molar-refractivity contribution in [1.82, 2.24) is 5.06 Å². The lowest BCUT2D eigenvalue weighted by atomic mass is 9.97. The SMILES string of the molecule is CCOC(=O)OC(=O)C1=CC(C)(C)N([O-])C1(C)C. The molecule has 0 amide bonds. The molecule has 0 atom stereocenters. The van der Waals surface area contributed by atoms with E-state index >= 15 is 0 Å². The van der Waals surface area contributed by atoms with Gasteiger partial charge >= 0.3 is 12.1 Å². The Balaban J connectivity index is 2.89. The molecule has 6 heteroatoms. The summed E-state index contributed by atoms with van der Waals surface area (Å²) in [6.07, 6.45) is 0.461. The molecule has 0 spiro atoms. The molecular weight excluding hydrogens is 238 g/mol. The minimum Gasteiger partial charge on any atom is -0.784 e. The van der Waals surface area contributed by atoms with Crippen molar-refractivity contribution in [3.05, 3.63) is 16.9 Å². The summed E-state index contributed by atoms with van der Waals surface area (Å²) in [4.78, 5) is 22.9. The van der Waals surface area contributed by atoms with Crippen LogP contribution < -0.4 is 0 Å². The van der Waals surface area contributed by atoms with E-state index in [4.69, 9.17) is 0 Å². The molecule has 0 unspecified atom stereocenters. The van der Waals surface area contributed by atoms with Crippen LogP contribution in [0.5, 0.6) is 0 Å². The maximum absolute atomic E-state index is 12.0. The number of carbonyl (C=O) groups excluding carboxylic acids is 2. The van der Waals surface area contributed by atoms with Crippen LogP contribution in [0.2, 0.25) is 0 Å². The minimum atomic E-state index is -1.05. The molecule has 0 aromatic heterocycles. The fourth-order valence-corrected chi connectivity index (χ4v) is 2.00. The second-order valence-electron chi connectivity index (χ2n) is 5.14. The van der Waals surface area contributed by atoms with E-state index in [1.165, 1.54) is 6.08 Å². The molecular formula is C12H18NO5-. The van der Waals surface area contributed by atoms with E-state index in [2.05, 4.69) is 9.47 Å². The van der Waals surface area contributed by atoms with Gasteiger partial charge in [-0.3, -0.25) is 0 Å². The number of hydroxylamine groups is 2. The number of hydrogen-bond acceptors (Lipinski definition) is 6. The highest BCUT2D eigenvalue weighted by Gasteiger charge is 2.43. The Bertz CT molecular complexity index is 397. The zero-order chi connectivity index (χ0) is 14.1. The standard InChI is InChI=1S/C12H18NO5/c1-6-17-10(15)18-9(14)8-7-11(2,3)13(16)12(8,4)5/h7H,6H2,1-5H3/q-1. The van der Waals surface area contributed by atoms with Crippen LogP contribution in [0.1, 0.15) is 34.6 Å². The van der Waals surface area contributed by atoms with E-state index in [9.17, 15) is 14.8 Å². The monoisotopic (exact) mass is 256 g/mol. The molecule has 18 heavy (non-hydrogen) atoms. The first-order valence-electron chi connectivity index (χ1n) is 5.72. The van der Waals surface area contributed by atoms with Gasteiger partial charge in [0.05, 0.1) is 12.2 Å². The van der Waals surface area contributed by atoms with Crippen molar-refractivity contribution in [1.29, 1.82) is 0 Å². The van der Waals surface area contributed by atoms with Crippen molar-refractivity contribution in [2.24, 2.45) is 0 Å².